The number of likely N-dealkylation sites (tertiary alicyclic amines) is 1. The monoisotopic (exact) mass is 335 g/mol. The summed E-state index contributed by atoms with van der Waals surface area (Å²) in [5, 5.41) is 6.06. The summed E-state index contributed by atoms with van der Waals surface area (Å²) < 4.78 is 10.5. The molecule has 1 unspecified atom stereocenters. The summed E-state index contributed by atoms with van der Waals surface area (Å²) in [7, 11) is 0. The Morgan fingerprint density at radius 1 is 1.52 bits per heavy atom. The number of hydrogen-bond donors (Lipinski definition) is 0. The normalized spacial score (nSPS) is 18.0. The summed E-state index contributed by atoms with van der Waals surface area (Å²) in [5.41, 5.74) is 0. The molecule has 0 saturated carbocycles. The Morgan fingerprint density at radius 2 is 2.30 bits per heavy atom. The highest BCUT2D eigenvalue weighted by Gasteiger charge is 2.30. The molecule has 3 heterocycles. The Balaban J connectivity index is 1.59. The van der Waals surface area contributed by atoms with Crippen LogP contribution in [-0.2, 0) is 9.53 Å². The molecule has 1 atom stereocenters. The first-order valence-corrected chi connectivity index (χ1v) is 8.85. The van der Waals surface area contributed by atoms with Gasteiger partial charge < -0.3 is 9.26 Å². The van der Waals surface area contributed by atoms with E-state index >= 15 is 0 Å². The van der Waals surface area contributed by atoms with Crippen molar-refractivity contribution in [3.05, 3.63) is 23.4 Å². The predicted octanol–water partition coefficient (Wildman–Crippen LogP) is 3.13. The molecule has 1 aliphatic heterocycles. The van der Waals surface area contributed by atoms with E-state index in [0.717, 1.165) is 30.8 Å². The molecule has 23 heavy (non-hydrogen) atoms. The number of esters is 1. The van der Waals surface area contributed by atoms with Gasteiger partial charge in [-0.3, -0.25) is 9.69 Å². The molecule has 0 amide bonds. The zero-order chi connectivity index (χ0) is 16.2. The minimum absolute atomic E-state index is 0.0164. The van der Waals surface area contributed by atoms with Crippen LogP contribution in [0.2, 0.25) is 0 Å². The lowest BCUT2D eigenvalue weighted by atomic mass is 9.96. The van der Waals surface area contributed by atoms with E-state index in [-0.39, 0.29) is 17.9 Å². The Hall–Kier alpha value is -1.73. The average Bonchev–Trinajstić information content (AvgIpc) is 3.25. The molecular weight excluding hydrogens is 314 g/mol. The first-order chi connectivity index (χ1) is 11.2. The summed E-state index contributed by atoms with van der Waals surface area (Å²) >= 11 is 1.59. The molecule has 124 valence electrons. The molecule has 3 rings (SSSR count). The van der Waals surface area contributed by atoms with E-state index in [0.29, 0.717) is 18.3 Å². The number of nitrogens with zero attached hydrogens (tertiary/aromatic N) is 3. The molecule has 0 spiro atoms. The first-order valence-electron chi connectivity index (χ1n) is 7.97. The standard InChI is InChI=1S/C16H21N3O3S/c1-3-21-16(20)12-6-8-19(9-7-12)11(2)15-17-14(18-22-15)13-5-4-10-23-13/h4-5,10-12H,3,6-9H2,1-2H3. The SMILES string of the molecule is CCOC(=O)C1CCN(C(C)c2nc(-c3cccs3)no2)CC1. The summed E-state index contributed by atoms with van der Waals surface area (Å²) in [6, 6.07) is 4.01. The van der Waals surface area contributed by atoms with Crippen LogP contribution in [0.15, 0.2) is 22.0 Å². The largest absolute Gasteiger partial charge is 0.466 e. The van der Waals surface area contributed by atoms with Crippen LogP contribution >= 0.6 is 11.3 Å². The summed E-state index contributed by atoms with van der Waals surface area (Å²) in [6.07, 6.45) is 1.63. The van der Waals surface area contributed by atoms with Crippen LogP contribution < -0.4 is 0 Å². The third-order valence-corrected chi connectivity index (χ3v) is 5.10. The Labute approximate surface area is 139 Å². The topological polar surface area (TPSA) is 68.5 Å². The van der Waals surface area contributed by atoms with Crippen LogP contribution in [0.5, 0.6) is 0 Å². The Kier molecular flexibility index (Phi) is 5.07. The second-order valence-electron chi connectivity index (χ2n) is 5.67. The summed E-state index contributed by atoms with van der Waals surface area (Å²) in [5.74, 6) is 1.21. The molecule has 0 aliphatic carbocycles. The number of aromatic nitrogens is 2. The molecule has 7 heteroatoms. The second kappa shape index (κ2) is 7.23. The van der Waals surface area contributed by atoms with Crippen molar-refractivity contribution in [1.29, 1.82) is 0 Å². The zero-order valence-corrected chi connectivity index (χ0v) is 14.2. The molecule has 0 N–H and O–H groups in total. The first kappa shape index (κ1) is 16.1. The lowest BCUT2D eigenvalue weighted by Gasteiger charge is -2.33. The Bertz CT molecular complexity index is 633. The molecule has 1 saturated heterocycles. The van der Waals surface area contributed by atoms with Gasteiger partial charge in [0.1, 0.15) is 0 Å². The maximum Gasteiger partial charge on any atom is 0.309 e. The quantitative estimate of drug-likeness (QED) is 0.782. The van der Waals surface area contributed by atoms with Crippen LogP contribution in [0.1, 0.15) is 38.6 Å². The number of carbonyl (C=O) groups excluding carboxylic acids is 1. The van der Waals surface area contributed by atoms with E-state index in [2.05, 4.69) is 22.0 Å². The fourth-order valence-electron chi connectivity index (χ4n) is 2.85. The van der Waals surface area contributed by atoms with Crippen LogP contribution in [-0.4, -0.2) is 40.7 Å². The van der Waals surface area contributed by atoms with Gasteiger partial charge >= 0.3 is 5.97 Å². The van der Waals surface area contributed by atoms with E-state index in [1.165, 1.54) is 0 Å². The van der Waals surface area contributed by atoms with Crippen molar-refractivity contribution in [2.75, 3.05) is 19.7 Å². The maximum absolute atomic E-state index is 11.8. The van der Waals surface area contributed by atoms with E-state index in [1.54, 1.807) is 11.3 Å². The van der Waals surface area contributed by atoms with E-state index in [9.17, 15) is 4.79 Å². The highest BCUT2D eigenvalue weighted by molar-refractivity contribution is 7.13. The van der Waals surface area contributed by atoms with Crippen molar-refractivity contribution >= 4 is 17.3 Å². The third-order valence-electron chi connectivity index (χ3n) is 4.24. The molecule has 0 radical (unpaired) electrons. The fraction of sp³-hybridized carbons (Fsp3) is 0.562. The van der Waals surface area contributed by atoms with Gasteiger partial charge in [-0.2, -0.15) is 4.98 Å². The van der Waals surface area contributed by atoms with Crippen LogP contribution in [0.25, 0.3) is 10.7 Å². The van der Waals surface area contributed by atoms with E-state index in [4.69, 9.17) is 9.26 Å². The molecular formula is C16H21N3O3S. The lowest BCUT2D eigenvalue weighted by molar-refractivity contribution is -0.149. The highest BCUT2D eigenvalue weighted by atomic mass is 32.1. The van der Waals surface area contributed by atoms with Gasteiger partial charge in [0.05, 0.1) is 23.4 Å². The third kappa shape index (κ3) is 3.61. The highest BCUT2D eigenvalue weighted by Crippen LogP contribution is 2.28. The number of piperidine rings is 1. The van der Waals surface area contributed by atoms with E-state index in [1.807, 2.05) is 24.4 Å². The molecule has 1 aliphatic rings. The number of carbonyl (C=O) groups is 1. The molecule has 1 fully saturated rings. The van der Waals surface area contributed by atoms with Gasteiger partial charge in [-0.15, -0.1) is 11.3 Å². The number of ether oxygens (including phenoxy) is 1. The number of rotatable bonds is 5. The fourth-order valence-corrected chi connectivity index (χ4v) is 3.50. The second-order valence-corrected chi connectivity index (χ2v) is 6.62. The van der Waals surface area contributed by atoms with Gasteiger partial charge in [0, 0.05) is 0 Å². The predicted molar refractivity (Wildman–Crippen MR) is 87.0 cm³/mol. The molecule has 2 aromatic rings. The summed E-state index contributed by atoms with van der Waals surface area (Å²) in [6.45, 7) is 6.03. The van der Waals surface area contributed by atoms with Crippen LogP contribution in [0.4, 0.5) is 0 Å². The van der Waals surface area contributed by atoms with Crippen molar-refractivity contribution < 1.29 is 14.1 Å². The number of hydrogen-bond acceptors (Lipinski definition) is 7. The van der Waals surface area contributed by atoms with Gasteiger partial charge in [-0.1, -0.05) is 11.2 Å². The molecule has 0 aromatic carbocycles. The maximum atomic E-state index is 11.8. The van der Waals surface area contributed by atoms with Crippen molar-refractivity contribution in [3.63, 3.8) is 0 Å². The average molecular weight is 335 g/mol. The molecule has 6 nitrogen and oxygen atoms in total. The van der Waals surface area contributed by atoms with Crippen molar-refractivity contribution in [2.45, 2.75) is 32.7 Å². The Morgan fingerprint density at radius 3 is 2.96 bits per heavy atom. The zero-order valence-electron chi connectivity index (χ0n) is 13.4. The minimum Gasteiger partial charge on any atom is -0.466 e. The van der Waals surface area contributed by atoms with Crippen molar-refractivity contribution in [2.24, 2.45) is 5.92 Å². The minimum atomic E-state index is -0.0717. The van der Waals surface area contributed by atoms with Gasteiger partial charge in [0.25, 0.3) is 0 Å². The molecule has 2 aromatic heterocycles. The van der Waals surface area contributed by atoms with Gasteiger partial charge in [-0.05, 0) is 51.2 Å². The van der Waals surface area contributed by atoms with Gasteiger partial charge in [-0.25, -0.2) is 0 Å². The van der Waals surface area contributed by atoms with E-state index < -0.39 is 0 Å². The van der Waals surface area contributed by atoms with Gasteiger partial charge in [0.2, 0.25) is 11.7 Å². The number of thiophene rings is 1. The molecule has 0 bridgehead atoms. The smallest absolute Gasteiger partial charge is 0.309 e. The van der Waals surface area contributed by atoms with Crippen LogP contribution in [0, 0.1) is 5.92 Å². The van der Waals surface area contributed by atoms with Gasteiger partial charge in [0.15, 0.2) is 0 Å². The van der Waals surface area contributed by atoms with Crippen molar-refractivity contribution in [1.82, 2.24) is 15.0 Å². The van der Waals surface area contributed by atoms with Crippen LogP contribution in [0.3, 0.4) is 0 Å². The lowest BCUT2D eigenvalue weighted by Crippen LogP contribution is -2.38. The van der Waals surface area contributed by atoms with Crippen molar-refractivity contribution in [3.8, 4) is 10.7 Å². The summed E-state index contributed by atoms with van der Waals surface area (Å²) in [4.78, 5) is 19.6.